The fourth-order valence-corrected chi connectivity index (χ4v) is 4.53. The quantitative estimate of drug-likeness (QED) is 0.254. The van der Waals surface area contributed by atoms with Crippen molar-refractivity contribution in [3.05, 3.63) is 58.5 Å². The minimum absolute atomic E-state index is 0.293. The molecule has 4 atom stereocenters. The average Bonchev–Trinajstić information content (AvgIpc) is 3.57. The zero-order valence-corrected chi connectivity index (χ0v) is 21.6. The minimum atomic E-state index is -1.15. The van der Waals surface area contributed by atoms with E-state index in [0.717, 1.165) is 16.8 Å². The van der Waals surface area contributed by atoms with Crippen molar-refractivity contribution in [2.45, 2.75) is 51.5 Å². The van der Waals surface area contributed by atoms with E-state index in [2.05, 4.69) is 30.7 Å². The van der Waals surface area contributed by atoms with Gasteiger partial charge < -0.3 is 35.5 Å². The number of aryl methyl sites for hydroxylation is 2. The number of carbonyl (C=O) groups is 1. The van der Waals surface area contributed by atoms with Gasteiger partial charge in [0.05, 0.1) is 23.6 Å². The van der Waals surface area contributed by atoms with Crippen molar-refractivity contribution < 1.29 is 23.9 Å². The lowest BCUT2D eigenvalue weighted by molar-refractivity contribution is -0.134. The molecule has 13 nitrogen and oxygen atoms in total. The molecular formula is C24H27ClN8O5. The van der Waals surface area contributed by atoms with Crippen LogP contribution in [-0.4, -0.2) is 61.0 Å². The van der Waals surface area contributed by atoms with Gasteiger partial charge in [-0.1, -0.05) is 16.8 Å². The SMILES string of the molecule is CNC(=O)[C@H]1O[C@@H](n2cnc3c(NCc4cc(Cl)ccc4OCc4c(C)noc4C)ncnc32)[C@H](O)[C@@H]1N. The number of nitrogens with one attached hydrogen (secondary N) is 2. The molecule has 0 bridgehead atoms. The van der Waals surface area contributed by atoms with E-state index in [1.807, 2.05) is 13.8 Å². The highest BCUT2D eigenvalue weighted by atomic mass is 35.5. The molecule has 1 amide bonds. The Morgan fingerprint density at radius 2 is 2.11 bits per heavy atom. The number of rotatable bonds is 8. The second-order valence-corrected chi connectivity index (χ2v) is 9.31. The van der Waals surface area contributed by atoms with Crippen LogP contribution in [-0.2, 0) is 22.7 Å². The first-order valence-corrected chi connectivity index (χ1v) is 12.2. The fourth-order valence-electron chi connectivity index (χ4n) is 4.33. The van der Waals surface area contributed by atoms with Gasteiger partial charge in [0.1, 0.15) is 30.5 Å². The summed E-state index contributed by atoms with van der Waals surface area (Å²) in [4.78, 5) is 25.2. The number of halogens is 1. The number of benzene rings is 1. The maximum absolute atomic E-state index is 12.1. The first kappa shape index (κ1) is 25.9. The van der Waals surface area contributed by atoms with Gasteiger partial charge in [0.25, 0.3) is 5.91 Å². The maximum Gasteiger partial charge on any atom is 0.250 e. The number of ether oxygens (including phenoxy) is 2. The predicted molar refractivity (Wildman–Crippen MR) is 136 cm³/mol. The highest BCUT2D eigenvalue weighted by Gasteiger charge is 2.46. The molecule has 0 spiro atoms. The lowest BCUT2D eigenvalue weighted by Crippen LogP contribution is -2.46. The van der Waals surface area contributed by atoms with E-state index in [1.54, 1.807) is 18.2 Å². The third-order valence-electron chi connectivity index (χ3n) is 6.48. The molecule has 1 fully saturated rings. The van der Waals surface area contributed by atoms with Gasteiger partial charge in [-0.2, -0.15) is 0 Å². The molecule has 0 radical (unpaired) electrons. The Morgan fingerprint density at radius 3 is 2.84 bits per heavy atom. The lowest BCUT2D eigenvalue weighted by Gasteiger charge is -2.17. The Balaban J connectivity index is 1.36. The van der Waals surface area contributed by atoms with Crippen molar-refractivity contribution in [2.24, 2.45) is 5.73 Å². The van der Waals surface area contributed by atoms with Crippen LogP contribution in [0.4, 0.5) is 5.82 Å². The van der Waals surface area contributed by atoms with Crippen LogP contribution in [0.25, 0.3) is 11.2 Å². The van der Waals surface area contributed by atoms with E-state index in [-0.39, 0.29) is 0 Å². The van der Waals surface area contributed by atoms with Gasteiger partial charge in [-0.15, -0.1) is 0 Å². The highest BCUT2D eigenvalue weighted by Crippen LogP contribution is 2.32. The average molecular weight is 543 g/mol. The molecule has 1 saturated heterocycles. The van der Waals surface area contributed by atoms with Crippen LogP contribution in [0.15, 0.2) is 35.4 Å². The van der Waals surface area contributed by atoms with Crippen LogP contribution in [0.2, 0.25) is 5.02 Å². The number of hydrogen-bond donors (Lipinski definition) is 4. The summed E-state index contributed by atoms with van der Waals surface area (Å²) in [5.74, 6) is 1.36. The summed E-state index contributed by atoms with van der Waals surface area (Å²) < 4.78 is 18.6. The van der Waals surface area contributed by atoms with Crippen LogP contribution >= 0.6 is 11.6 Å². The van der Waals surface area contributed by atoms with E-state index in [9.17, 15) is 9.90 Å². The van der Waals surface area contributed by atoms with Crippen LogP contribution in [0.5, 0.6) is 5.75 Å². The fraction of sp³-hybridized carbons (Fsp3) is 0.375. The van der Waals surface area contributed by atoms with Gasteiger partial charge in [0.2, 0.25) is 0 Å². The van der Waals surface area contributed by atoms with E-state index in [4.69, 9.17) is 31.3 Å². The number of carbonyl (C=O) groups excluding carboxylic acids is 1. The zero-order chi connectivity index (χ0) is 27.0. The molecule has 0 saturated carbocycles. The first-order chi connectivity index (χ1) is 18.3. The molecule has 0 aliphatic carbocycles. The first-order valence-electron chi connectivity index (χ1n) is 11.8. The molecule has 5 rings (SSSR count). The smallest absolute Gasteiger partial charge is 0.250 e. The molecule has 1 aliphatic heterocycles. The summed E-state index contributed by atoms with van der Waals surface area (Å²) in [7, 11) is 1.48. The summed E-state index contributed by atoms with van der Waals surface area (Å²) in [6, 6.07) is 4.44. The van der Waals surface area contributed by atoms with Crippen molar-refractivity contribution in [2.75, 3.05) is 12.4 Å². The molecule has 5 N–H and O–H groups in total. The topological polar surface area (TPSA) is 175 Å². The molecular weight excluding hydrogens is 516 g/mol. The van der Waals surface area contributed by atoms with Crippen molar-refractivity contribution in [1.82, 2.24) is 30.0 Å². The number of hydrogen-bond acceptors (Lipinski definition) is 11. The van der Waals surface area contributed by atoms with Gasteiger partial charge in [-0.25, -0.2) is 15.0 Å². The molecule has 0 unspecified atom stereocenters. The molecule has 200 valence electrons. The molecule has 14 heteroatoms. The largest absolute Gasteiger partial charge is 0.488 e. The van der Waals surface area contributed by atoms with Crippen molar-refractivity contribution in [3.63, 3.8) is 0 Å². The van der Waals surface area contributed by atoms with Gasteiger partial charge in [-0.05, 0) is 32.0 Å². The number of imidazole rings is 1. The molecule has 4 aromatic rings. The maximum atomic E-state index is 12.1. The van der Waals surface area contributed by atoms with Gasteiger partial charge in [0.15, 0.2) is 29.3 Å². The number of nitrogens with zero attached hydrogens (tertiary/aromatic N) is 5. The number of nitrogens with two attached hydrogens (primary N) is 1. The Hall–Kier alpha value is -3.78. The number of aliphatic hydroxyl groups is 1. The molecule has 1 aliphatic rings. The Labute approximate surface area is 222 Å². The summed E-state index contributed by atoms with van der Waals surface area (Å²) in [6.07, 6.45) is -0.270. The monoisotopic (exact) mass is 542 g/mol. The number of amides is 1. The standard InChI is InChI=1S/C24H27ClN8O5/c1-11-15(12(2)38-32-11)8-36-16-5-4-14(25)6-13(16)7-28-21-18-22(30-9-29-21)33(10-31-18)24-19(34)17(26)20(37-24)23(35)27-3/h4-6,9-10,17,19-20,24,34H,7-8,26H2,1-3H3,(H,27,35)(H,28,29,30)/t17-,19+,20-,24+/m0/s1. The summed E-state index contributed by atoms with van der Waals surface area (Å²) in [5.41, 5.74) is 9.33. The number of aromatic nitrogens is 5. The molecule has 4 heterocycles. The molecule has 1 aromatic carbocycles. The van der Waals surface area contributed by atoms with Crippen molar-refractivity contribution >= 4 is 34.5 Å². The van der Waals surface area contributed by atoms with E-state index in [0.29, 0.717) is 46.7 Å². The minimum Gasteiger partial charge on any atom is -0.488 e. The Bertz CT molecular complexity index is 1450. The van der Waals surface area contributed by atoms with Gasteiger partial charge in [0, 0.05) is 24.2 Å². The number of aliphatic hydroxyl groups excluding tert-OH is 1. The van der Waals surface area contributed by atoms with Crippen LogP contribution < -0.4 is 21.1 Å². The van der Waals surface area contributed by atoms with Crippen LogP contribution in [0, 0.1) is 13.8 Å². The van der Waals surface area contributed by atoms with E-state index < -0.39 is 30.4 Å². The summed E-state index contributed by atoms with van der Waals surface area (Å²) in [5, 5.41) is 20.9. The van der Waals surface area contributed by atoms with Gasteiger partial charge in [-0.3, -0.25) is 9.36 Å². The molecule has 3 aromatic heterocycles. The lowest BCUT2D eigenvalue weighted by atomic mass is 10.1. The number of likely N-dealkylation sites (N-methyl/N-ethyl adjacent to an activating group) is 1. The second-order valence-electron chi connectivity index (χ2n) is 8.87. The predicted octanol–water partition coefficient (Wildman–Crippen LogP) is 1.61. The second kappa shape index (κ2) is 10.5. The third kappa shape index (κ3) is 4.76. The van der Waals surface area contributed by atoms with Crippen molar-refractivity contribution in [1.29, 1.82) is 0 Å². The summed E-state index contributed by atoms with van der Waals surface area (Å²) in [6.45, 7) is 4.31. The summed E-state index contributed by atoms with van der Waals surface area (Å²) >= 11 is 6.26. The molecule has 38 heavy (non-hydrogen) atoms. The zero-order valence-electron chi connectivity index (χ0n) is 20.9. The Morgan fingerprint density at radius 1 is 1.29 bits per heavy atom. The Kier molecular flexibility index (Phi) is 7.17. The van der Waals surface area contributed by atoms with Gasteiger partial charge >= 0.3 is 0 Å². The normalized spacial score (nSPS) is 21.1. The highest BCUT2D eigenvalue weighted by molar-refractivity contribution is 6.30. The van der Waals surface area contributed by atoms with Crippen molar-refractivity contribution in [3.8, 4) is 5.75 Å². The van der Waals surface area contributed by atoms with Crippen LogP contribution in [0.3, 0.4) is 0 Å². The van der Waals surface area contributed by atoms with E-state index in [1.165, 1.54) is 24.3 Å². The van der Waals surface area contributed by atoms with Crippen LogP contribution in [0.1, 0.15) is 28.8 Å². The number of anilines is 1. The van der Waals surface area contributed by atoms with E-state index >= 15 is 0 Å². The number of fused-ring (bicyclic) bond motifs is 1. The third-order valence-corrected chi connectivity index (χ3v) is 6.72.